The van der Waals surface area contributed by atoms with Crippen LogP contribution in [0.5, 0.6) is 11.5 Å². The Morgan fingerprint density at radius 1 is 1.33 bits per heavy atom. The molecule has 5 nitrogen and oxygen atoms in total. The number of ether oxygens (including phenoxy) is 2. The van der Waals surface area contributed by atoms with Gasteiger partial charge in [0, 0.05) is 10.8 Å². The molecule has 0 unspecified atom stereocenters. The van der Waals surface area contributed by atoms with E-state index in [-0.39, 0.29) is 6.42 Å². The summed E-state index contributed by atoms with van der Waals surface area (Å²) in [7, 11) is 0. The summed E-state index contributed by atoms with van der Waals surface area (Å²) in [6, 6.07) is 0. The quantitative estimate of drug-likeness (QED) is 0.935. The average Bonchev–Trinajstić information content (AvgIpc) is 2.94. The molecule has 0 radical (unpaired) electrons. The number of aromatic nitrogens is 1. The molecule has 0 amide bonds. The van der Waals surface area contributed by atoms with E-state index < -0.39 is 5.97 Å². The molecule has 0 spiro atoms. The number of hydrogen-bond acceptors (Lipinski definition) is 6. The molecule has 0 atom stereocenters. The minimum Gasteiger partial charge on any atom is -0.485 e. The molecule has 2 aromatic heterocycles. The summed E-state index contributed by atoms with van der Waals surface area (Å²) < 4.78 is 11.0. The van der Waals surface area contributed by atoms with E-state index in [1.807, 2.05) is 5.38 Å². The third kappa shape index (κ3) is 2.06. The molecule has 1 aliphatic rings. The third-order valence-electron chi connectivity index (χ3n) is 2.38. The molecular weight excluding hydrogens is 274 g/mol. The number of rotatable bonds is 3. The summed E-state index contributed by atoms with van der Waals surface area (Å²) in [6.45, 7) is 1.09. The standard InChI is InChI=1S/C11H9NO4S2/c13-8(14)3-6-4-18-11(12-6)10-9-7(5-17-10)15-1-2-16-9/h4-5H,1-3H2,(H,13,14). The molecule has 94 valence electrons. The fraction of sp³-hybridized carbons (Fsp3) is 0.273. The van der Waals surface area contributed by atoms with Gasteiger partial charge in [-0.25, -0.2) is 4.98 Å². The van der Waals surface area contributed by atoms with Gasteiger partial charge in [-0.15, -0.1) is 22.7 Å². The highest BCUT2D eigenvalue weighted by Gasteiger charge is 2.21. The predicted octanol–water partition coefficient (Wildman–Crippen LogP) is 2.27. The third-order valence-corrected chi connectivity index (χ3v) is 4.36. The van der Waals surface area contributed by atoms with Gasteiger partial charge >= 0.3 is 5.97 Å². The van der Waals surface area contributed by atoms with E-state index in [0.717, 1.165) is 21.4 Å². The lowest BCUT2D eigenvalue weighted by Gasteiger charge is -2.15. The monoisotopic (exact) mass is 283 g/mol. The number of carboxylic acid groups (broad SMARTS) is 1. The fourth-order valence-electron chi connectivity index (χ4n) is 1.66. The predicted molar refractivity (Wildman–Crippen MR) is 67.8 cm³/mol. The Balaban J connectivity index is 1.92. The van der Waals surface area contributed by atoms with Crippen LogP contribution in [-0.4, -0.2) is 29.3 Å². The molecular formula is C11H9NO4S2. The zero-order valence-corrected chi connectivity index (χ0v) is 10.8. The molecule has 0 fully saturated rings. The number of hydrogen-bond donors (Lipinski definition) is 1. The second-order valence-corrected chi connectivity index (χ2v) is 5.41. The lowest BCUT2D eigenvalue weighted by atomic mass is 10.3. The average molecular weight is 283 g/mol. The first-order valence-electron chi connectivity index (χ1n) is 5.27. The number of nitrogens with zero attached hydrogens (tertiary/aromatic N) is 1. The van der Waals surface area contributed by atoms with Crippen molar-refractivity contribution in [2.75, 3.05) is 13.2 Å². The molecule has 1 aliphatic heterocycles. The summed E-state index contributed by atoms with van der Waals surface area (Å²) in [5.41, 5.74) is 0.571. The van der Waals surface area contributed by atoms with Crippen molar-refractivity contribution in [3.63, 3.8) is 0 Å². The maximum absolute atomic E-state index is 10.6. The van der Waals surface area contributed by atoms with Crippen molar-refractivity contribution in [1.82, 2.24) is 4.98 Å². The van der Waals surface area contributed by atoms with Gasteiger partial charge in [0.1, 0.15) is 23.1 Å². The summed E-state index contributed by atoms with van der Waals surface area (Å²) in [5.74, 6) is 0.596. The topological polar surface area (TPSA) is 68.7 Å². The Bertz CT molecular complexity index is 590. The van der Waals surface area contributed by atoms with Crippen LogP contribution in [0.25, 0.3) is 9.88 Å². The minimum absolute atomic E-state index is 0.0541. The highest BCUT2D eigenvalue weighted by Crippen LogP contribution is 2.46. The van der Waals surface area contributed by atoms with E-state index in [1.165, 1.54) is 22.7 Å². The van der Waals surface area contributed by atoms with E-state index in [2.05, 4.69) is 4.98 Å². The Morgan fingerprint density at radius 3 is 3.00 bits per heavy atom. The number of aliphatic carboxylic acids is 1. The van der Waals surface area contributed by atoms with Gasteiger partial charge in [0.25, 0.3) is 0 Å². The molecule has 3 rings (SSSR count). The molecule has 0 aliphatic carbocycles. The SMILES string of the molecule is O=C(O)Cc1csc(-c2scc3c2OCCO3)n1. The van der Waals surface area contributed by atoms with Crippen molar-refractivity contribution in [2.24, 2.45) is 0 Å². The van der Waals surface area contributed by atoms with Crippen LogP contribution in [0.15, 0.2) is 10.8 Å². The lowest BCUT2D eigenvalue weighted by molar-refractivity contribution is -0.136. The largest absolute Gasteiger partial charge is 0.485 e. The summed E-state index contributed by atoms with van der Waals surface area (Å²) in [6.07, 6.45) is -0.0541. The van der Waals surface area contributed by atoms with Crippen LogP contribution < -0.4 is 9.47 Å². The van der Waals surface area contributed by atoms with Crippen LogP contribution in [0.4, 0.5) is 0 Å². The van der Waals surface area contributed by atoms with Gasteiger partial charge < -0.3 is 14.6 Å². The number of thiophene rings is 1. The van der Waals surface area contributed by atoms with Crippen molar-refractivity contribution in [3.05, 3.63) is 16.5 Å². The van der Waals surface area contributed by atoms with Gasteiger partial charge in [0.15, 0.2) is 11.5 Å². The molecule has 18 heavy (non-hydrogen) atoms. The van der Waals surface area contributed by atoms with Crippen molar-refractivity contribution >= 4 is 28.6 Å². The lowest BCUT2D eigenvalue weighted by Crippen LogP contribution is -2.14. The summed E-state index contributed by atoms with van der Waals surface area (Å²) in [5, 5.41) is 13.2. The zero-order valence-electron chi connectivity index (χ0n) is 9.21. The first-order chi connectivity index (χ1) is 8.74. The van der Waals surface area contributed by atoms with Gasteiger partial charge in [-0.3, -0.25) is 4.79 Å². The van der Waals surface area contributed by atoms with Gasteiger partial charge in [-0.05, 0) is 0 Å². The maximum Gasteiger partial charge on any atom is 0.309 e. The molecule has 3 heterocycles. The van der Waals surface area contributed by atoms with Crippen LogP contribution in [-0.2, 0) is 11.2 Å². The van der Waals surface area contributed by atoms with Crippen LogP contribution in [0.1, 0.15) is 5.69 Å². The highest BCUT2D eigenvalue weighted by molar-refractivity contribution is 7.20. The van der Waals surface area contributed by atoms with Crippen molar-refractivity contribution in [2.45, 2.75) is 6.42 Å². The number of thiazole rings is 1. The molecule has 2 aromatic rings. The second-order valence-electron chi connectivity index (χ2n) is 3.67. The second kappa shape index (κ2) is 4.58. The normalized spacial score (nSPS) is 13.6. The van der Waals surface area contributed by atoms with Crippen molar-refractivity contribution in [3.8, 4) is 21.4 Å². The van der Waals surface area contributed by atoms with E-state index in [4.69, 9.17) is 14.6 Å². The molecule has 7 heteroatoms. The molecule has 0 aromatic carbocycles. The van der Waals surface area contributed by atoms with Crippen LogP contribution in [0, 0.1) is 0 Å². The van der Waals surface area contributed by atoms with Gasteiger partial charge in [-0.2, -0.15) is 0 Å². The molecule has 0 saturated carbocycles. The number of carbonyl (C=O) groups is 1. The Labute approximate surface area is 111 Å². The van der Waals surface area contributed by atoms with Crippen LogP contribution in [0.3, 0.4) is 0 Å². The van der Waals surface area contributed by atoms with Crippen molar-refractivity contribution in [1.29, 1.82) is 0 Å². The Kier molecular flexibility index (Phi) is 2.92. The van der Waals surface area contributed by atoms with Gasteiger partial charge in [-0.1, -0.05) is 0 Å². The maximum atomic E-state index is 10.6. The highest BCUT2D eigenvalue weighted by atomic mass is 32.1. The molecule has 0 bridgehead atoms. The Morgan fingerprint density at radius 2 is 2.17 bits per heavy atom. The van der Waals surface area contributed by atoms with Crippen LogP contribution >= 0.6 is 22.7 Å². The molecule has 1 N–H and O–H groups in total. The van der Waals surface area contributed by atoms with Crippen LogP contribution in [0.2, 0.25) is 0 Å². The van der Waals surface area contributed by atoms with Crippen molar-refractivity contribution < 1.29 is 19.4 Å². The van der Waals surface area contributed by atoms with E-state index >= 15 is 0 Å². The fourth-order valence-corrected chi connectivity index (χ4v) is 3.51. The van der Waals surface area contributed by atoms with Gasteiger partial charge in [0.2, 0.25) is 0 Å². The summed E-state index contributed by atoms with van der Waals surface area (Å²) in [4.78, 5) is 15.8. The minimum atomic E-state index is -0.875. The molecule has 0 saturated heterocycles. The van der Waals surface area contributed by atoms with E-state index in [1.54, 1.807) is 5.38 Å². The van der Waals surface area contributed by atoms with E-state index in [9.17, 15) is 4.79 Å². The number of carboxylic acids is 1. The number of fused-ring (bicyclic) bond motifs is 1. The first kappa shape index (κ1) is 11.5. The zero-order chi connectivity index (χ0) is 12.5. The smallest absolute Gasteiger partial charge is 0.309 e. The Hall–Kier alpha value is -1.60. The van der Waals surface area contributed by atoms with Gasteiger partial charge in [0.05, 0.1) is 12.1 Å². The summed E-state index contributed by atoms with van der Waals surface area (Å²) >= 11 is 2.92. The first-order valence-corrected chi connectivity index (χ1v) is 7.03. The van der Waals surface area contributed by atoms with E-state index in [0.29, 0.717) is 18.9 Å².